The van der Waals surface area contributed by atoms with Crippen LogP contribution in [0.2, 0.25) is 0 Å². The van der Waals surface area contributed by atoms with Crippen LogP contribution in [0.1, 0.15) is 52.8 Å². The van der Waals surface area contributed by atoms with Crippen molar-refractivity contribution in [2.24, 2.45) is 5.73 Å². The summed E-state index contributed by atoms with van der Waals surface area (Å²) in [6.07, 6.45) is 8.92. The Morgan fingerprint density at radius 2 is 2.07 bits per heavy atom. The van der Waals surface area contributed by atoms with Crippen LogP contribution in [0, 0.1) is 6.92 Å². The monoisotopic (exact) mass is 381 g/mol. The number of unbranched alkanes of at least 4 members (excludes halogenated alkanes) is 2. The summed E-state index contributed by atoms with van der Waals surface area (Å²) in [6, 6.07) is 8.17. The second-order valence-electron chi connectivity index (χ2n) is 6.83. The molecule has 0 spiro atoms. The maximum absolute atomic E-state index is 12.3. The molecule has 0 unspecified atom stereocenters. The maximum Gasteiger partial charge on any atom is 0.251 e. The summed E-state index contributed by atoms with van der Waals surface area (Å²) >= 11 is 1.77. The van der Waals surface area contributed by atoms with E-state index in [1.165, 1.54) is 23.4 Å². The van der Waals surface area contributed by atoms with Gasteiger partial charge in [0.05, 0.1) is 5.56 Å². The Morgan fingerprint density at radius 3 is 2.70 bits per heavy atom. The molecular weight excluding hydrogens is 354 g/mol. The summed E-state index contributed by atoms with van der Waals surface area (Å²) in [5, 5.41) is 2.11. The molecule has 0 radical (unpaired) electrons. The van der Waals surface area contributed by atoms with Gasteiger partial charge in [0, 0.05) is 46.3 Å². The van der Waals surface area contributed by atoms with Crippen LogP contribution < -0.4 is 5.73 Å². The molecular formula is C22H27N3OS. The van der Waals surface area contributed by atoms with Crippen molar-refractivity contribution in [2.45, 2.75) is 52.5 Å². The molecule has 2 N–H and O–H groups in total. The lowest BCUT2D eigenvalue weighted by Gasteiger charge is -2.13. The van der Waals surface area contributed by atoms with Crippen LogP contribution in [-0.4, -0.2) is 15.5 Å². The van der Waals surface area contributed by atoms with Crippen LogP contribution in [0.3, 0.4) is 0 Å². The van der Waals surface area contributed by atoms with E-state index in [1.54, 1.807) is 17.5 Å². The van der Waals surface area contributed by atoms with E-state index >= 15 is 0 Å². The largest absolute Gasteiger partial charge is 0.366 e. The van der Waals surface area contributed by atoms with Gasteiger partial charge in [-0.15, -0.1) is 11.3 Å². The first-order valence-corrected chi connectivity index (χ1v) is 10.5. The van der Waals surface area contributed by atoms with Gasteiger partial charge in [0.1, 0.15) is 0 Å². The number of hydrogen-bond acceptors (Lipinski definition) is 3. The summed E-state index contributed by atoms with van der Waals surface area (Å²) in [5.74, 6) is -0.363. The highest BCUT2D eigenvalue weighted by molar-refractivity contribution is 7.09. The smallest absolute Gasteiger partial charge is 0.251 e. The highest BCUT2D eigenvalue weighted by Gasteiger charge is 2.24. The minimum absolute atomic E-state index is 0.363. The van der Waals surface area contributed by atoms with E-state index in [0.717, 1.165) is 42.6 Å². The Labute approximate surface area is 165 Å². The lowest BCUT2D eigenvalue weighted by atomic mass is 9.98. The van der Waals surface area contributed by atoms with Gasteiger partial charge in [0.25, 0.3) is 5.91 Å². The third kappa shape index (κ3) is 4.30. The first-order chi connectivity index (χ1) is 13.1. The Morgan fingerprint density at radius 1 is 1.22 bits per heavy atom. The molecule has 0 atom stereocenters. The number of nitrogens with zero attached hydrogens (tertiary/aromatic N) is 2. The van der Waals surface area contributed by atoms with Gasteiger partial charge < -0.3 is 10.3 Å². The van der Waals surface area contributed by atoms with Crippen LogP contribution in [0.25, 0.3) is 11.1 Å². The highest BCUT2D eigenvalue weighted by Crippen LogP contribution is 2.34. The summed E-state index contributed by atoms with van der Waals surface area (Å²) in [7, 11) is 0. The van der Waals surface area contributed by atoms with Crippen LogP contribution in [0.5, 0.6) is 0 Å². The molecule has 3 aromatic heterocycles. The third-order valence-electron chi connectivity index (χ3n) is 5.01. The fraction of sp³-hybridized carbons (Fsp3) is 0.364. The van der Waals surface area contributed by atoms with Gasteiger partial charge in [0.2, 0.25) is 0 Å². The molecule has 0 aliphatic carbocycles. The summed E-state index contributed by atoms with van der Waals surface area (Å²) < 4.78 is 2.30. The van der Waals surface area contributed by atoms with Gasteiger partial charge in [-0.1, -0.05) is 31.9 Å². The van der Waals surface area contributed by atoms with Gasteiger partial charge in [0.15, 0.2) is 0 Å². The van der Waals surface area contributed by atoms with Crippen molar-refractivity contribution in [3.63, 3.8) is 0 Å². The predicted octanol–water partition coefficient (Wildman–Crippen LogP) is 4.99. The average Bonchev–Trinajstić information content (AvgIpc) is 3.27. The molecule has 0 aromatic carbocycles. The van der Waals surface area contributed by atoms with Crippen LogP contribution in [0.15, 0.2) is 42.0 Å². The number of pyridine rings is 1. The van der Waals surface area contributed by atoms with Gasteiger partial charge in [-0.05, 0) is 43.7 Å². The number of amides is 1. The highest BCUT2D eigenvalue weighted by atomic mass is 32.1. The van der Waals surface area contributed by atoms with E-state index in [0.29, 0.717) is 5.56 Å². The third-order valence-corrected chi connectivity index (χ3v) is 5.94. The zero-order valence-electron chi connectivity index (χ0n) is 16.1. The molecule has 3 aromatic rings. The van der Waals surface area contributed by atoms with Crippen molar-refractivity contribution in [3.8, 4) is 11.1 Å². The van der Waals surface area contributed by atoms with Gasteiger partial charge in [-0.25, -0.2) is 0 Å². The molecule has 142 valence electrons. The van der Waals surface area contributed by atoms with E-state index in [4.69, 9.17) is 5.73 Å². The average molecular weight is 382 g/mol. The second kappa shape index (κ2) is 9.00. The van der Waals surface area contributed by atoms with Crippen LogP contribution in [0.4, 0.5) is 0 Å². The molecule has 0 saturated carbocycles. The molecule has 0 saturated heterocycles. The number of rotatable bonds is 9. The molecule has 0 aliphatic heterocycles. The molecule has 1 amide bonds. The molecule has 3 heterocycles. The van der Waals surface area contributed by atoms with E-state index < -0.39 is 0 Å². The fourth-order valence-corrected chi connectivity index (χ4v) is 4.40. The normalized spacial score (nSPS) is 11.0. The molecule has 0 bridgehead atoms. The number of aryl methyl sites for hydroxylation is 1. The van der Waals surface area contributed by atoms with Gasteiger partial charge in [-0.2, -0.15) is 0 Å². The fourth-order valence-electron chi connectivity index (χ4n) is 3.70. The SMILES string of the molecule is CCCCCc1c(-c2cccnc2)c(C(N)=O)c(C)n1CCc1cccs1. The van der Waals surface area contributed by atoms with Crippen molar-refractivity contribution >= 4 is 17.2 Å². The van der Waals surface area contributed by atoms with Crippen LogP contribution >= 0.6 is 11.3 Å². The van der Waals surface area contributed by atoms with Crippen LogP contribution in [-0.2, 0) is 19.4 Å². The van der Waals surface area contributed by atoms with Gasteiger partial charge >= 0.3 is 0 Å². The van der Waals surface area contributed by atoms with E-state index in [9.17, 15) is 4.79 Å². The summed E-state index contributed by atoms with van der Waals surface area (Å²) in [6.45, 7) is 5.07. The number of thiophene rings is 1. The zero-order chi connectivity index (χ0) is 19.2. The minimum Gasteiger partial charge on any atom is -0.366 e. The lowest BCUT2D eigenvalue weighted by Crippen LogP contribution is -2.13. The molecule has 4 nitrogen and oxygen atoms in total. The molecule has 5 heteroatoms. The van der Waals surface area contributed by atoms with Crippen molar-refractivity contribution in [1.82, 2.24) is 9.55 Å². The standard InChI is InChI=1S/C22H27N3OS/c1-3-4-5-10-19-21(17-8-6-12-24-15-17)20(22(23)26)16(2)25(19)13-11-18-9-7-14-27-18/h6-9,12,14-15H,3-5,10-11,13H2,1-2H3,(H2,23,26). The Hall–Kier alpha value is -2.40. The lowest BCUT2D eigenvalue weighted by molar-refractivity contribution is 0.1000. The zero-order valence-corrected chi connectivity index (χ0v) is 16.9. The number of aromatic nitrogens is 2. The molecule has 0 fully saturated rings. The van der Waals surface area contributed by atoms with Crippen molar-refractivity contribution in [1.29, 1.82) is 0 Å². The minimum atomic E-state index is -0.363. The second-order valence-corrected chi connectivity index (χ2v) is 7.86. The summed E-state index contributed by atoms with van der Waals surface area (Å²) in [5.41, 5.74) is 10.6. The predicted molar refractivity (Wildman–Crippen MR) is 112 cm³/mol. The number of primary amides is 1. The first kappa shape index (κ1) is 19.4. The molecule has 0 aliphatic rings. The quantitative estimate of drug-likeness (QED) is 0.531. The van der Waals surface area contributed by atoms with Crippen molar-refractivity contribution in [2.75, 3.05) is 0 Å². The Bertz CT molecular complexity index is 882. The Kier molecular flexibility index (Phi) is 6.45. The first-order valence-electron chi connectivity index (χ1n) is 9.58. The Balaban J connectivity index is 2.08. The van der Waals surface area contributed by atoms with Gasteiger partial charge in [-0.3, -0.25) is 9.78 Å². The van der Waals surface area contributed by atoms with Crippen molar-refractivity contribution < 1.29 is 4.79 Å². The topological polar surface area (TPSA) is 60.9 Å². The summed E-state index contributed by atoms with van der Waals surface area (Å²) in [4.78, 5) is 18.0. The molecule has 3 rings (SSSR count). The van der Waals surface area contributed by atoms with E-state index in [2.05, 4.69) is 34.0 Å². The maximum atomic E-state index is 12.3. The molecule has 27 heavy (non-hydrogen) atoms. The number of nitrogens with two attached hydrogens (primary N) is 1. The van der Waals surface area contributed by atoms with Crippen molar-refractivity contribution in [3.05, 3.63) is 63.9 Å². The number of hydrogen-bond donors (Lipinski definition) is 1. The van der Waals surface area contributed by atoms with E-state index in [-0.39, 0.29) is 5.91 Å². The number of carbonyl (C=O) groups excluding carboxylic acids is 1. The number of carbonyl (C=O) groups is 1. The van der Waals surface area contributed by atoms with E-state index in [1.807, 2.05) is 25.3 Å².